The predicted molar refractivity (Wildman–Crippen MR) is 83.5 cm³/mol. The number of H-pyrrole nitrogens is 1. The molecule has 3 rings (SSSR count). The van der Waals surface area contributed by atoms with Crippen LogP contribution in [0.25, 0.3) is 10.2 Å². The number of carbonyl (C=O) groups is 1. The van der Waals surface area contributed by atoms with Gasteiger partial charge in [0, 0.05) is 17.5 Å². The quantitative estimate of drug-likeness (QED) is 0.673. The first-order valence-electron chi connectivity index (χ1n) is 6.80. The highest BCUT2D eigenvalue weighted by molar-refractivity contribution is 7.20. The molecule has 0 radical (unpaired) electrons. The standard InChI is InChI=1S/C14H12F3N5OS/c1-6-2-10(14(15,16)17)21-13-8(6)3-9(24-13)12(23)19-4-7-5-20-22-11(7)18/h2-3,5H,4H2,1H3,(H,19,23)(H3,18,20,22). The highest BCUT2D eigenvalue weighted by Gasteiger charge is 2.33. The number of hydrogen-bond acceptors (Lipinski definition) is 5. The van der Waals surface area contributed by atoms with Crippen LogP contribution in [0.15, 0.2) is 18.3 Å². The number of nitrogens with one attached hydrogen (secondary N) is 2. The van der Waals surface area contributed by atoms with E-state index >= 15 is 0 Å². The molecule has 3 aromatic heterocycles. The van der Waals surface area contributed by atoms with Gasteiger partial charge >= 0.3 is 6.18 Å². The van der Waals surface area contributed by atoms with E-state index < -0.39 is 17.8 Å². The molecule has 6 nitrogen and oxygen atoms in total. The minimum absolute atomic E-state index is 0.162. The molecule has 0 spiro atoms. The summed E-state index contributed by atoms with van der Waals surface area (Å²) in [6, 6.07) is 2.51. The van der Waals surface area contributed by atoms with Crippen molar-refractivity contribution < 1.29 is 18.0 Å². The molecule has 24 heavy (non-hydrogen) atoms. The van der Waals surface area contributed by atoms with E-state index in [1.54, 1.807) is 6.92 Å². The lowest BCUT2D eigenvalue weighted by Crippen LogP contribution is -2.22. The molecule has 126 valence electrons. The molecule has 0 saturated heterocycles. The average Bonchev–Trinajstić information content (AvgIpc) is 3.10. The van der Waals surface area contributed by atoms with Crippen LogP contribution in [-0.2, 0) is 12.7 Å². The Balaban J connectivity index is 1.86. The van der Waals surface area contributed by atoms with Gasteiger partial charge in [-0.25, -0.2) is 4.98 Å². The van der Waals surface area contributed by atoms with Crippen LogP contribution >= 0.6 is 11.3 Å². The number of nitrogens with two attached hydrogens (primary N) is 1. The maximum atomic E-state index is 12.8. The zero-order chi connectivity index (χ0) is 17.5. The van der Waals surface area contributed by atoms with Gasteiger partial charge in [-0.15, -0.1) is 11.3 Å². The van der Waals surface area contributed by atoms with Crippen LogP contribution in [0.4, 0.5) is 19.0 Å². The third-order valence-corrected chi connectivity index (χ3v) is 4.45. The highest BCUT2D eigenvalue weighted by atomic mass is 32.1. The van der Waals surface area contributed by atoms with Gasteiger partial charge in [-0.1, -0.05) is 0 Å². The van der Waals surface area contributed by atoms with Gasteiger partial charge in [-0.05, 0) is 24.6 Å². The van der Waals surface area contributed by atoms with Gasteiger partial charge in [-0.3, -0.25) is 9.89 Å². The third kappa shape index (κ3) is 3.04. The minimum atomic E-state index is -4.52. The zero-order valence-electron chi connectivity index (χ0n) is 12.4. The summed E-state index contributed by atoms with van der Waals surface area (Å²) in [6.07, 6.45) is -3.04. The van der Waals surface area contributed by atoms with Crippen LogP contribution in [0, 0.1) is 6.92 Å². The van der Waals surface area contributed by atoms with E-state index in [0.717, 1.165) is 17.4 Å². The molecule has 0 aliphatic carbocycles. The summed E-state index contributed by atoms with van der Waals surface area (Å²) in [5.74, 6) is -0.0643. The second-order valence-corrected chi connectivity index (χ2v) is 6.17. The summed E-state index contributed by atoms with van der Waals surface area (Å²) in [5, 5.41) is 9.46. The number of aromatic amines is 1. The molecule has 0 bridgehead atoms. The van der Waals surface area contributed by atoms with Gasteiger partial charge in [0.2, 0.25) is 0 Å². The second-order valence-electron chi connectivity index (χ2n) is 5.14. The number of alkyl halides is 3. The van der Waals surface area contributed by atoms with Gasteiger partial charge in [0.05, 0.1) is 11.1 Å². The SMILES string of the molecule is Cc1cc(C(F)(F)F)nc2sc(C(=O)NCc3cn[nH]c3N)cc12. The maximum absolute atomic E-state index is 12.8. The van der Waals surface area contributed by atoms with E-state index in [1.165, 1.54) is 12.3 Å². The fourth-order valence-electron chi connectivity index (χ4n) is 2.15. The van der Waals surface area contributed by atoms with Crippen molar-refractivity contribution in [3.8, 4) is 0 Å². The summed E-state index contributed by atoms with van der Waals surface area (Å²) in [4.78, 5) is 16.3. The smallest absolute Gasteiger partial charge is 0.384 e. The van der Waals surface area contributed by atoms with Gasteiger partial charge < -0.3 is 11.1 Å². The molecule has 3 heterocycles. The lowest BCUT2D eigenvalue weighted by molar-refractivity contribution is -0.141. The molecule has 4 N–H and O–H groups in total. The topological polar surface area (TPSA) is 96.7 Å². The maximum Gasteiger partial charge on any atom is 0.433 e. The van der Waals surface area contributed by atoms with Crippen molar-refractivity contribution in [2.75, 3.05) is 5.73 Å². The molecule has 10 heteroatoms. The number of aromatic nitrogens is 3. The number of thiophene rings is 1. The lowest BCUT2D eigenvalue weighted by atomic mass is 10.1. The number of aryl methyl sites for hydroxylation is 1. The van der Waals surface area contributed by atoms with Crippen molar-refractivity contribution in [1.82, 2.24) is 20.5 Å². The molecule has 0 aromatic carbocycles. The Morgan fingerprint density at radius 3 is 2.79 bits per heavy atom. The summed E-state index contributed by atoms with van der Waals surface area (Å²) >= 11 is 0.913. The van der Waals surface area contributed by atoms with Gasteiger partial charge in [0.25, 0.3) is 5.91 Å². The fraction of sp³-hybridized carbons (Fsp3) is 0.214. The van der Waals surface area contributed by atoms with Crippen LogP contribution in [0.3, 0.4) is 0 Å². The fourth-order valence-corrected chi connectivity index (χ4v) is 3.18. The van der Waals surface area contributed by atoms with Crippen LogP contribution in [-0.4, -0.2) is 21.1 Å². The predicted octanol–water partition coefficient (Wildman–Crippen LogP) is 2.86. The van der Waals surface area contributed by atoms with E-state index in [4.69, 9.17) is 5.73 Å². The Bertz CT molecular complexity index is 915. The van der Waals surface area contributed by atoms with Crippen LogP contribution in [0.2, 0.25) is 0 Å². The zero-order valence-corrected chi connectivity index (χ0v) is 13.2. The Kier molecular flexibility index (Phi) is 3.91. The molecule has 1 amide bonds. The Hall–Kier alpha value is -2.62. The number of rotatable bonds is 3. The third-order valence-electron chi connectivity index (χ3n) is 3.42. The summed E-state index contributed by atoms with van der Waals surface area (Å²) in [7, 11) is 0. The van der Waals surface area contributed by atoms with E-state index in [1.807, 2.05) is 0 Å². The first kappa shape index (κ1) is 16.2. The first-order chi connectivity index (χ1) is 11.3. The molecule has 0 saturated carbocycles. The first-order valence-corrected chi connectivity index (χ1v) is 7.61. The summed E-state index contributed by atoms with van der Waals surface area (Å²) in [5.41, 5.74) is 5.70. The van der Waals surface area contributed by atoms with Crippen molar-refractivity contribution in [2.45, 2.75) is 19.6 Å². The number of halogens is 3. The second kappa shape index (κ2) is 5.78. The van der Waals surface area contributed by atoms with Crippen molar-refractivity contribution in [2.24, 2.45) is 0 Å². The molecule has 0 fully saturated rings. The molecular formula is C14H12F3N5OS. The number of carbonyl (C=O) groups excluding carboxylic acids is 1. The van der Waals surface area contributed by atoms with Gasteiger partial charge in [0.15, 0.2) is 0 Å². The van der Waals surface area contributed by atoms with Crippen LogP contribution in [0.1, 0.15) is 26.5 Å². The monoisotopic (exact) mass is 355 g/mol. The number of nitrogens with zero attached hydrogens (tertiary/aromatic N) is 2. The largest absolute Gasteiger partial charge is 0.433 e. The van der Waals surface area contributed by atoms with E-state index in [-0.39, 0.29) is 16.3 Å². The minimum Gasteiger partial charge on any atom is -0.384 e. The highest BCUT2D eigenvalue weighted by Crippen LogP contribution is 2.33. The Morgan fingerprint density at radius 1 is 1.42 bits per heavy atom. The van der Waals surface area contributed by atoms with Gasteiger partial charge in [0.1, 0.15) is 16.3 Å². The number of anilines is 1. The number of fused-ring (bicyclic) bond motifs is 1. The average molecular weight is 355 g/mol. The number of pyridine rings is 1. The lowest BCUT2D eigenvalue weighted by Gasteiger charge is -2.06. The van der Waals surface area contributed by atoms with Crippen LogP contribution < -0.4 is 11.1 Å². The molecule has 0 unspecified atom stereocenters. The van der Waals surface area contributed by atoms with Crippen molar-refractivity contribution in [3.05, 3.63) is 40.0 Å². The molecule has 0 atom stereocenters. The Morgan fingerprint density at radius 2 is 2.17 bits per heavy atom. The number of nitrogen functional groups attached to an aromatic ring is 1. The molecule has 0 aliphatic rings. The summed E-state index contributed by atoms with van der Waals surface area (Å²) < 4.78 is 38.5. The van der Waals surface area contributed by atoms with Crippen molar-refractivity contribution in [1.29, 1.82) is 0 Å². The van der Waals surface area contributed by atoms with E-state index in [0.29, 0.717) is 22.3 Å². The number of amides is 1. The summed E-state index contributed by atoms with van der Waals surface area (Å²) in [6.45, 7) is 1.72. The van der Waals surface area contributed by atoms with Gasteiger partial charge in [-0.2, -0.15) is 18.3 Å². The van der Waals surface area contributed by atoms with Crippen LogP contribution in [0.5, 0.6) is 0 Å². The molecule has 0 aliphatic heterocycles. The normalized spacial score (nSPS) is 11.8. The van der Waals surface area contributed by atoms with E-state index in [2.05, 4.69) is 20.5 Å². The van der Waals surface area contributed by atoms with Crippen molar-refractivity contribution in [3.63, 3.8) is 0 Å². The molecular weight excluding hydrogens is 343 g/mol. The number of hydrogen-bond donors (Lipinski definition) is 3. The van der Waals surface area contributed by atoms with Crippen molar-refractivity contribution >= 4 is 33.3 Å². The Labute approximate surface area is 137 Å². The molecule has 3 aromatic rings. The van der Waals surface area contributed by atoms with E-state index in [9.17, 15) is 18.0 Å².